The first kappa shape index (κ1) is 18.0. The van der Waals surface area contributed by atoms with Crippen molar-refractivity contribution in [3.8, 4) is 11.5 Å². The Morgan fingerprint density at radius 3 is 2.62 bits per heavy atom. The van der Waals surface area contributed by atoms with Gasteiger partial charge in [-0.3, -0.25) is 4.79 Å². The second-order valence-corrected chi connectivity index (χ2v) is 5.32. The van der Waals surface area contributed by atoms with Crippen LogP contribution in [0.3, 0.4) is 0 Å². The van der Waals surface area contributed by atoms with Gasteiger partial charge >= 0.3 is 0 Å². The summed E-state index contributed by atoms with van der Waals surface area (Å²) in [6.07, 6.45) is 0.783. The molecule has 24 heavy (non-hydrogen) atoms. The van der Waals surface area contributed by atoms with Crippen LogP contribution >= 0.6 is 11.6 Å². The quantitative estimate of drug-likeness (QED) is 0.819. The molecule has 0 saturated carbocycles. The van der Waals surface area contributed by atoms with Crippen molar-refractivity contribution < 1.29 is 23.0 Å². The summed E-state index contributed by atoms with van der Waals surface area (Å²) in [7, 11) is 1.42. The summed E-state index contributed by atoms with van der Waals surface area (Å²) in [6.45, 7) is 2.39. The van der Waals surface area contributed by atoms with Gasteiger partial charge in [0.05, 0.1) is 24.4 Å². The molecule has 2 aromatic rings. The number of amides is 1. The van der Waals surface area contributed by atoms with Crippen LogP contribution < -0.4 is 14.8 Å². The fourth-order valence-electron chi connectivity index (χ4n) is 1.98. The summed E-state index contributed by atoms with van der Waals surface area (Å²) < 4.78 is 37.2. The molecule has 0 heterocycles. The molecule has 0 aliphatic heterocycles. The van der Waals surface area contributed by atoms with E-state index in [1.165, 1.54) is 19.2 Å². The van der Waals surface area contributed by atoms with E-state index in [9.17, 15) is 13.6 Å². The Hall–Kier alpha value is -2.34. The number of ether oxygens (including phenoxy) is 2. The fourth-order valence-corrected chi connectivity index (χ4v) is 2.25. The van der Waals surface area contributed by atoms with E-state index in [1.54, 1.807) is 0 Å². The summed E-state index contributed by atoms with van der Waals surface area (Å²) in [6, 6.07) is 5.71. The molecule has 0 atom stereocenters. The minimum Gasteiger partial charge on any atom is -0.493 e. The molecular formula is C17H16ClF2NO3. The third kappa shape index (κ3) is 4.14. The van der Waals surface area contributed by atoms with Gasteiger partial charge in [0.25, 0.3) is 5.91 Å². The minimum atomic E-state index is -0.871. The Morgan fingerprint density at radius 2 is 2.00 bits per heavy atom. The standard InChI is InChI=1S/C17H16ClF2NO3/c1-3-6-24-16-12(18)7-10(8-15(16)23-2)17(22)21-14-5-4-11(19)9-13(14)20/h4-5,7-9H,3,6H2,1-2H3,(H,21,22). The number of benzene rings is 2. The molecule has 0 radical (unpaired) electrons. The van der Waals surface area contributed by atoms with Crippen molar-refractivity contribution in [2.45, 2.75) is 13.3 Å². The zero-order valence-corrected chi connectivity index (χ0v) is 13.9. The van der Waals surface area contributed by atoms with Crippen LogP contribution in [0.5, 0.6) is 11.5 Å². The second kappa shape index (κ2) is 7.97. The van der Waals surface area contributed by atoms with Crippen LogP contribution in [0.25, 0.3) is 0 Å². The predicted molar refractivity (Wildman–Crippen MR) is 88.1 cm³/mol. The number of anilines is 1. The fraction of sp³-hybridized carbons (Fsp3) is 0.235. The maximum atomic E-state index is 13.6. The highest BCUT2D eigenvalue weighted by Gasteiger charge is 2.17. The second-order valence-electron chi connectivity index (χ2n) is 4.92. The Kier molecular flexibility index (Phi) is 5.98. The van der Waals surface area contributed by atoms with Gasteiger partial charge in [-0.2, -0.15) is 0 Å². The summed E-state index contributed by atoms with van der Waals surface area (Å²) in [5.41, 5.74) is 0.0206. The van der Waals surface area contributed by atoms with E-state index in [4.69, 9.17) is 21.1 Å². The van der Waals surface area contributed by atoms with E-state index in [0.717, 1.165) is 18.6 Å². The van der Waals surface area contributed by atoms with E-state index >= 15 is 0 Å². The van der Waals surface area contributed by atoms with Crippen LogP contribution in [0.2, 0.25) is 5.02 Å². The number of hydrogen-bond donors (Lipinski definition) is 1. The van der Waals surface area contributed by atoms with Crippen LogP contribution in [0.15, 0.2) is 30.3 Å². The first-order valence-electron chi connectivity index (χ1n) is 7.23. The van der Waals surface area contributed by atoms with Gasteiger partial charge in [0.2, 0.25) is 0 Å². The summed E-state index contributed by atoms with van der Waals surface area (Å²) in [5, 5.41) is 2.56. The van der Waals surface area contributed by atoms with E-state index in [0.29, 0.717) is 24.2 Å². The van der Waals surface area contributed by atoms with Crippen molar-refractivity contribution >= 4 is 23.2 Å². The maximum absolute atomic E-state index is 13.6. The molecule has 1 amide bonds. The molecule has 0 spiro atoms. The van der Waals surface area contributed by atoms with Crippen molar-refractivity contribution in [3.63, 3.8) is 0 Å². The molecular weight excluding hydrogens is 340 g/mol. The lowest BCUT2D eigenvalue weighted by Gasteiger charge is -2.14. The number of hydrogen-bond acceptors (Lipinski definition) is 3. The van der Waals surface area contributed by atoms with Crippen molar-refractivity contribution in [1.29, 1.82) is 0 Å². The molecule has 128 valence electrons. The maximum Gasteiger partial charge on any atom is 0.255 e. The zero-order valence-electron chi connectivity index (χ0n) is 13.2. The third-order valence-electron chi connectivity index (χ3n) is 3.12. The van der Waals surface area contributed by atoms with Crippen LogP contribution in [0.4, 0.5) is 14.5 Å². The Labute approximate surface area is 143 Å². The number of carbonyl (C=O) groups excluding carboxylic acids is 1. The number of rotatable bonds is 6. The van der Waals surface area contributed by atoms with Crippen molar-refractivity contribution in [2.24, 2.45) is 0 Å². The van der Waals surface area contributed by atoms with Gasteiger partial charge in [-0.15, -0.1) is 0 Å². The lowest BCUT2D eigenvalue weighted by Crippen LogP contribution is -2.13. The van der Waals surface area contributed by atoms with Gasteiger partial charge in [-0.05, 0) is 30.7 Å². The summed E-state index contributed by atoms with van der Waals surface area (Å²) in [4.78, 5) is 12.3. The van der Waals surface area contributed by atoms with Gasteiger partial charge in [0.15, 0.2) is 11.5 Å². The first-order valence-corrected chi connectivity index (χ1v) is 7.60. The van der Waals surface area contributed by atoms with Crippen LogP contribution in [-0.2, 0) is 0 Å². The number of halogens is 3. The minimum absolute atomic E-state index is 0.136. The SMILES string of the molecule is CCCOc1c(Cl)cc(C(=O)Nc2ccc(F)cc2F)cc1OC. The van der Waals surface area contributed by atoms with Crippen molar-refractivity contribution in [1.82, 2.24) is 0 Å². The topological polar surface area (TPSA) is 47.6 Å². The van der Waals surface area contributed by atoms with Gasteiger partial charge < -0.3 is 14.8 Å². The average Bonchev–Trinajstić information content (AvgIpc) is 2.55. The number of nitrogens with one attached hydrogen (secondary N) is 1. The highest BCUT2D eigenvalue weighted by atomic mass is 35.5. The molecule has 0 unspecified atom stereocenters. The molecule has 2 aromatic carbocycles. The van der Waals surface area contributed by atoms with E-state index in [1.807, 2.05) is 6.92 Å². The van der Waals surface area contributed by atoms with Crippen LogP contribution in [-0.4, -0.2) is 19.6 Å². The summed E-state index contributed by atoms with van der Waals surface area (Å²) >= 11 is 6.14. The van der Waals surface area contributed by atoms with Gasteiger partial charge in [-0.25, -0.2) is 8.78 Å². The molecule has 4 nitrogen and oxygen atoms in total. The van der Waals surface area contributed by atoms with Crippen LogP contribution in [0, 0.1) is 11.6 Å². The van der Waals surface area contributed by atoms with Crippen LogP contribution in [0.1, 0.15) is 23.7 Å². The monoisotopic (exact) mass is 355 g/mol. The largest absolute Gasteiger partial charge is 0.493 e. The number of carbonyl (C=O) groups is 1. The smallest absolute Gasteiger partial charge is 0.255 e. The lowest BCUT2D eigenvalue weighted by molar-refractivity contribution is 0.102. The molecule has 0 fully saturated rings. The first-order chi connectivity index (χ1) is 11.5. The lowest BCUT2D eigenvalue weighted by atomic mass is 10.1. The Morgan fingerprint density at radius 1 is 1.25 bits per heavy atom. The molecule has 0 bridgehead atoms. The van der Waals surface area contributed by atoms with Gasteiger partial charge in [0.1, 0.15) is 11.6 Å². The highest BCUT2D eigenvalue weighted by Crippen LogP contribution is 2.36. The van der Waals surface area contributed by atoms with Crippen molar-refractivity contribution in [2.75, 3.05) is 19.0 Å². The molecule has 0 saturated heterocycles. The molecule has 0 aliphatic carbocycles. The van der Waals surface area contributed by atoms with Crippen molar-refractivity contribution in [3.05, 3.63) is 52.6 Å². The molecule has 0 aliphatic rings. The molecule has 1 N–H and O–H groups in total. The Bertz CT molecular complexity index is 753. The predicted octanol–water partition coefficient (Wildman–Crippen LogP) is 4.67. The summed E-state index contributed by atoms with van der Waals surface area (Å²) in [5.74, 6) is -1.58. The van der Waals surface area contributed by atoms with E-state index in [2.05, 4.69) is 5.32 Å². The highest BCUT2D eigenvalue weighted by molar-refractivity contribution is 6.32. The van der Waals surface area contributed by atoms with E-state index < -0.39 is 17.5 Å². The normalized spacial score (nSPS) is 10.4. The molecule has 7 heteroatoms. The zero-order chi connectivity index (χ0) is 17.7. The van der Waals surface area contributed by atoms with Gasteiger partial charge in [-0.1, -0.05) is 18.5 Å². The number of methoxy groups -OCH3 is 1. The van der Waals surface area contributed by atoms with Gasteiger partial charge in [0, 0.05) is 11.6 Å². The average molecular weight is 356 g/mol. The third-order valence-corrected chi connectivity index (χ3v) is 3.40. The molecule has 0 aromatic heterocycles. The van der Waals surface area contributed by atoms with E-state index in [-0.39, 0.29) is 16.3 Å². The Balaban J connectivity index is 2.27. The molecule has 2 rings (SSSR count).